The van der Waals surface area contributed by atoms with Crippen molar-refractivity contribution in [2.45, 2.75) is 6.92 Å². The molecular formula is C35H24FN2O+. The number of aromatic nitrogens is 2. The average molecular weight is 508 g/mol. The normalized spacial score (nSPS) is 12.0. The number of rotatable bonds is 2. The Morgan fingerprint density at radius 3 is 2.31 bits per heavy atom. The number of aryl methyl sites for hydroxylation is 2. The first-order valence-corrected chi connectivity index (χ1v) is 13.1. The van der Waals surface area contributed by atoms with Crippen molar-refractivity contribution in [1.82, 2.24) is 4.57 Å². The summed E-state index contributed by atoms with van der Waals surface area (Å²) < 4.78 is 24.9. The topological polar surface area (TPSA) is 21.9 Å². The van der Waals surface area contributed by atoms with Crippen LogP contribution >= 0.6 is 0 Å². The van der Waals surface area contributed by atoms with Gasteiger partial charge in [-0.05, 0) is 71.8 Å². The molecule has 8 aromatic rings. The lowest BCUT2D eigenvalue weighted by Crippen LogP contribution is -2.32. The third kappa shape index (κ3) is 3.06. The summed E-state index contributed by atoms with van der Waals surface area (Å²) in [6.45, 7) is 2.14. The highest BCUT2D eigenvalue weighted by atomic mass is 19.1. The number of benzene rings is 5. The average Bonchev–Trinajstić information content (AvgIpc) is 3.51. The van der Waals surface area contributed by atoms with Crippen LogP contribution in [0.5, 0.6) is 0 Å². The number of pyridine rings is 1. The van der Waals surface area contributed by atoms with E-state index in [1.165, 1.54) is 22.9 Å². The van der Waals surface area contributed by atoms with Gasteiger partial charge in [0.05, 0.1) is 16.5 Å². The zero-order valence-corrected chi connectivity index (χ0v) is 21.6. The maximum Gasteiger partial charge on any atom is 0.239 e. The number of furan rings is 1. The van der Waals surface area contributed by atoms with Crippen molar-refractivity contribution in [1.29, 1.82) is 0 Å². The maximum atomic E-state index is 13.8. The van der Waals surface area contributed by atoms with Crippen LogP contribution in [0.1, 0.15) is 5.56 Å². The molecule has 0 aliphatic rings. The van der Waals surface area contributed by atoms with Gasteiger partial charge in [-0.3, -0.25) is 0 Å². The van der Waals surface area contributed by atoms with Crippen molar-refractivity contribution in [3.8, 4) is 16.9 Å². The van der Waals surface area contributed by atoms with Crippen molar-refractivity contribution in [3.05, 3.63) is 121 Å². The van der Waals surface area contributed by atoms with Gasteiger partial charge in [-0.25, -0.2) is 4.39 Å². The Labute approximate surface area is 223 Å². The second-order valence-corrected chi connectivity index (χ2v) is 10.2. The standard InChI is InChI=1S/C35H24FN2O/c1-21-11-17-27-33-25-8-4-3-7-22(25)12-20-31(33)39-35(27)32(21)29-18-19-30-34(37(29)2)26-9-5-6-10-28(26)38(30)24-15-13-23(36)14-16-24/h3-20H,1-2H3/q+1. The van der Waals surface area contributed by atoms with Gasteiger partial charge in [0.25, 0.3) is 0 Å². The van der Waals surface area contributed by atoms with Crippen LogP contribution in [0.4, 0.5) is 4.39 Å². The number of hydrogen-bond donors (Lipinski definition) is 0. The molecule has 0 spiro atoms. The van der Waals surface area contributed by atoms with Crippen molar-refractivity contribution < 1.29 is 13.4 Å². The van der Waals surface area contributed by atoms with Gasteiger partial charge in [0.15, 0.2) is 0 Å². The molecule has 0 N–H and O–H groups in total. The fourth-order valence-corrected chi connectivity index (χ4v) is 6.28. The van der Waals surface area contributed by atoms with E-state index in [0.29, 0.717) is 0 Å². The molecule has 0 aliphatic carbocycles. The predicted octanol–water partition coefficient (Wildman–Crippen LogP) is 8.78. The summed E-state index contributed by atoms with van der Waals surface area (Å²) in [5, 5.41) is 5.82. The predicted molar refractivity (Wildman–Crippen MR) is 157 cm³/mol. The fourth-order valence-electron chi connectivity index (χ4n) is 6.28. The van der Waals surface area contributed by atoms with E-state index in [4.69, 9.17) is 4.42 Å². The Balaban J connectivity index is 1.47. The van der Waals surface area contributed by atoms with E-state index in [0.717, 1.165) is 66.4 Å². The molecule has 3 nitrogen and oxygen atoms in total. The van der Waals surface area contributed by atoms with Crippen molar-refractivity contribution in [2.24, 2.45) is 7.05 Å². The minimum absolute atomic E-state index is 0.241. The molecule has 0 fully saturated rings. The number of nitrogens with zero attached hydrogens (tertiary/aromatic N) is 2. The van der Waals surface area contributed by atoms with Crippen LogP contribution in [0.25, 0.3) is 71.6 Å². The summed E-state index contributed by atoms with van der Waals surface area (Å²) >= 11 is 0. The highest BCUT2D eigenvalue weighted by Crippen LogP contribution is 2.41. The van der Waals surface area contributed by atoms with Crippen LogP contribution in [-0.4, -0.2) is 4.57 Å². The molecule has 0 unspecified atom stereocenters. The summed E-state index contributed by atoms with van der Waals surface area (Å²) in [5.74, 6) is -0.241. The molecule has 3 heterocycles. The molecule has 8 rings (SSSR count). The van der Waals surface area contributed by atoms with Crippen LogP contribution in [0, 0.1) is 12.7 Å². The molecule has 5 aromatic carbocycles. The molecule has 4 heteroatoms. The zero-order chi connectivity index (χ0) is 26.2. The van der Waals surface area contributed by atoms with E-state index in [1.54, 1.807) is 0 Å². The first kappa shape index (κ1) is 22.1. The van der Waals surface area contributed by atoms with E-state index in [-0.39, 0.29) is 5.82 Å². The van der Waals surface area contributed by atoms with Crippen LogP contribution in [-0.2, 0) is 7.05 Å². The van der Waals surface area contributed by atoms with Crippen LogP contribution in [0.2, 0.25) is 0 Å². The Morgan fingerprint density at radius 2 is 1.46 bits per heavy atom. The van der Waals surface area contributed by atoms with Crippen LogP contribution in [0.3, 0.4) is 0 Å². The molecule has 0 saturated carbocycles. The lowest BCUT2D eigenvalue weighted by molar-refractivity contribution is -0.632. The first-order valence-electron chi connectivity index (χ1n) is 13.1. The molecule has 0 bridgehead atoms. The third-order valence-corrected chi connectivity index (χ3v) is 8.06. The number of para-hydroxylation sites is 1. The lowest BCUT2D eigenvalue weighted by atomic mass is 9.98. The fraction of sp³-hybridized carbons (Fsp3) is 0.0571. The SMILES string of the molecule is Cc1ccc2c(oc3ccc4ccccc4c32)c1-c1ccc2c(c3ccccc3n2-c2ccc(F)cc2)[n+]1C. The summed E-state index contributed by atoms with van der Waals surface area (Å²) in [6.07, 6.45) is 0. The summed E-state index contributed by atoms with van der Waals surface area (Å²) in [7, 11) is 2.12. The van der Waals surface area contributed by atoms with Crippen LogP contribution in [0.15, 0.2) is 114 Å². The summed E-state index contributed by atoms with van der Waals surface area (Å²) in [6, 6.07) is 36.5. The first-order chi connectivity index (χ1) is 19.1. The van der Waals surface area contributed by atoms with Crippen molar-refractivity contribution >= 4 is 54.6 Å². The van der Waals surface area contributed by atoms with Gasteiger partial charge in [0.1, 0.15) is 29.5 Å². The Kier molecular flexibility index (Phi) is 4.54. The molecule has 0 saturated heterocycles. The minimum atomic E-state index is -0.241. The van der Waals surface area contributed by atoms with Gasteiger partial charge in [0.2, 0.25) is 11.2 Å². The lowest BCUT2D eigenvalue weighted by Gasteiger charge is -2.08. The molecule has 0 aliphatic heterocycles. The van der Waals surface area contributed by atoms with Gasteiger partial charge in [-0.15, -0.1) is 0 Å². The summed E-state index contributed by atoms with van der Waals surface area (Å²) in [4.78, 5) is 0. The number of halogens is 1. The monoisotopic (exact) mass is 507 g/mol. The van der Waals surface area contributed by atoms with Gasteiger partial charge in [-0.1, -0.05) is 54.6 Å². The van der Waals surface area contributed by atoms with Gasteiger partial charge < -0.3 is 8.98 Å². The number of fused-ring (bicyclic) bond motifs is 8. The van der Waals surface area contributed by atoms with E-state index in [9.17, 15) is 4.39 Å². The van der Waals surface area contributed by atoms with E-state index < -0.39 is 0 Å². The van der Waals surface area contributed by atoms with Crippen LogP contribution < -0.4 is 4.57 Å². The second-order valence-electron chi connectivity index (χ2n) is 10.2. The Hall–Kier alpha value is -4.96. The minimum Gasteiger partial charge on any atom is -0.455 e. The Morgan fingerprint density at radius 1 is 0.692 bits per heavy atom. The van der Waals surface area contributed by atoms with Gasteiger partial charge >= 0.3 is 0 Å². The molecule has 3 aromatic heterocycles. The number of hydrogen-bond acceptors (Lipinski definition) is 1. The van der Waals surface area contributed by atoms with Crippen molar-refractivity contribution in [2.75, 3.05) is 0 Å². The third-order valence-electron chi connectivity index (χ3n) is 8.06. The molecule has 39 heavy (non-hydrogen) atoms. The second kappa shape index (κ2) is 8.02. The molecule has 0 atom stereocenters. The molecule has 0 amide bonds. The van der Waals surface area contributed by atoms with E-state index in [2.05, 4.69) is 102 Å². The smallest absolute Gasteiger partial charge is 0.239 e. The van der Waals surface area contributed by atoms with Gasteiger partial charge in [0, 0.05) is 22.5 Å². The molecule has 186 valence electrons. The largest absolute Gasteiger partial charge is 0.455 e. The van der Waals surface area contributed by atoms with Gasteiger partial charge in [-0.2, -0.15) is 4.57 Å². The maximum absolute atomic E-state index is 13.8. The van der Waals surface area contributed by atoms with E-state index in [1.807, 2.05) is 18.2 Å². The molecule has 0 radical (unpaired) electrons. The highest BCUT2D eigenvalue weighted by Gasteiger charge is 2.26. The Bertz CT molecular complexity index is 2250. The zero-order valence-electron chi connectivity index (χ0n) is 21.6. The summed E-state index contributed by atoms with van der Waals surface area (Å²) in [5.41, 5.74) is 9.32. The van der Waals surface area contributed by atoms with Crippen molar-refractivity contribution in [3.63, 3.8) is 0 Å². The quantitative estimate of drug-likeness (QED) is 0.214. The molecular weight excluding hydrogens is 483 g/mol. The van der Waals surface area contributed by atoms with E-state index >= 15 is 0 Å². The highest BCUT2D eigenvalue weighted by molar-refractivity contribution is 6.20.